The topological polar surface area (TPSA) is 78.9 Å². The molecular weight excluding hydrogens is 973 g/mol. The fourth-order valence-electron chi connectivity index (χ4n) is 11.0. The van der Waals surface area contributed by atoms with Crippen LogP contribution in [0.1, 0.15) is 406 Å². The molecule has 0 radical (unpaired) electrons. The standard InChI is InChI=1S/C73H138O6/c1-4-7-10-13-16-19-22-25-28-29-30-31-32-33-34-35-36-37-38-39-40-41-42-43-44-45-46-49-51-54-57-60-63-66-72(75)78-69-70(79-73(76)67-64-61-58-55-52-48-27-24-21-18-15-12-9-6-3)68-77-71(74)65-62-59-56-53-50-47-26-23-20-17-14-11-8-5-2/h24,27,29-30,70H,4-23,25-26,28,31-69H2,1-3H3/b27-24-,30-29-. The molecule has 0 aliphatic carbocycles. The van der Waals surface area contributed by atoms with Gasteiger partial charge < -0.3 is 14.2 Å². The first-order chi connectivity index (χ1) is 39.0. The summed E-state index contributed by atoms with van der Waals surface area (Å²) in [5.41, 5.74) is 0. The Labute approximate surface area is 493 Å². The van der Waals surface area contributed by atoms with Crippen molar-refractivity contribution < 1.29 is 28.6 Å². The maximum atomic E-state index is 12.9. The van der Waals surface area contributed by atoms with Gasteiger partial charge in [0.15, 0.2) is 6.10 Å². The van der Waals surface area contributed by atoms with Gasteiger partial charge in [0.25, 0.3) is 0 Å². The number of unbranched alkanes of at least 4 members (excludes halogenated alkanes) is 52. The first-order valence-corrected chi connectivity index (χ1v) is 35.8. The van der Waals surface area contributed by atoms with Crippen LogP contribution in [-0.4, -0.2) is 37.2 Å². The van der Waals surface area contributed by atoms with Crippen LogP contribution in [0.4, 0.5) is 0 Å². The smallest absolute Gasteiger partial charge is 0.306 e. The van der Waals surface area contributed by atoms with Crippen molar-refractivity contribution in [2.75, 3.05) is 13.2 Å². The molecule has 466 valence electrons. The van der Waals surface area contributed by atoms with Gasteiger partial charge in [-0.3, -0.25) is 14.4 Å². The number of ether oxygens (including phenoxy) is 3. The predicted molar refractivity (Wildman–Crippen MR) is 344 cm³/mol. The van der Waals surface area contributed by atoms with Crippen LogP contribution < -0.4 is 0 Å². The molecule has 0 aromatic heterocycles. The summed E-state index contributed by atoms with van der Waals surface area (Å²) in [4.78, 5) is 38.3. The Morgan fingerprint density at radius 2 is 0.418 bits per heavy atom. The lowest BCUT2D eigenvalue weighted by Gasteiger charge is -2.18. The molecule has 79 heavy (non-hydrogen) atoms. The third-order valence-electron chi connectivity index (χ3n) is 16.4. The van der Waals surface area contributed by atoms with E-state index in [0.717, 1.165) is 64.2 Å². The number of carbonyl (C=O) groups is 3. The molecule has 6 nitrogen and oxygen atoms in total. The Kier molecular flexibility index (Phi) is 66.6. The monoisotopic (exact) mass is 1110 g/mol. The Morgan fingerprint density at radius 1 is 0.241 bits per heavy atom. The zero-order chi connectivity index (χ0) is 57.1. The van der Waals surface area contributed by atoms with Gasteiger partial charge in [-0.1, -0.05) is 340 Å². The van der Waals surface area contributed by atoms with Gasteiger partial charge in [0, 0.05) is 19.3 Å². The van der Waals surface area contributed by atoms with Crippen LogP contribution in [0.15, 0.2) is 24.3 Å². The maximum absolute atomic E-state index is 12.9. The normalized spacial score (nSPS) is 12.1. The van der Waals surface area contributed by atoms with Crippen LogP contribution in [0.25, 0.3) is 0 Å². The van der Waals surface area contributed by atoms with Gasteiger partial charge >= 0.3 is 17.9 Å². The molecule has 0 N–H and O–H groups in total. The van der Waals surface area contributed by atoms with E-state index in [-0.39, 0.29) is 31.1 Å². The molecule has 0 fully saturated rings. The average Bonchev–Trinajstić information content (AvgIpc) is 3.45. The third kappa shape index (κ3) is 66.6. The molecule has 0 saturated carbocycles. The second-order valence-corrected chi connectivity index (χ2v) is 24.5. The molecule has 0 amide bonds. The van der Waals surface area contributed by atoms with E-state index in [4.69, 9.17) is 14.2 Å². The molecule has 1 unspecified atom stereocenters. The van der Waals surface area contributed by atoms with E-state index in [1.54, 1.807) is 0 Å². The van der Waals surface area contributed by atoms with Crippen LogP contribution >= 0.6 is 0 Å². The van der Waals surface area contributed by atoms with Crippen molar-refractivity contribution in [1.29, 1.82) is 0 Å². The first-order valence-electron chi connectivity index (χ1n) is 35.8. The molecule has 0 aromatic rings. The van der Waals surface area contributed by atoms with Gasteiger partial charge in [0.2, 0.25) is 0 Å². The molecule has 0 aliphatic rings. The van der Waals surface area contributed by atoms with E-state index in [1.807, 2.05) is 0 Å². The highest BCUT2D eigenvalue weighted by molar-refractivity contribution is 5.71. The van der Waals surface area contributed by atoms with E-state index in [1.165, 1.54) is 302 Å². The number of hydrogen-bond donors (Lipinski definition) is 0. The van der Waals surface area contributed by atoms with Gasteiger partial charge in [-0.2, -0.15) is 0 Å². The van der Waals surface area contributed by atoms with Crippen molar-refractivity contribution in [2.45, 2.75) is 412 Å². The van der Waals surface area contributed by atoms with E-state index < -0.39 is 6.10 Å². The Bertz CT molecular complexity index is 1270. The minimum absolute atomic E-state index is 0.0682. The summed E-state index contributed by atoms with van der Waals surface area (Å²) >= 11 is 0. The molecule has 0 aromatic carbocycles. The van der Waals surface area contributed by atoms with Gasteiger partial charge in [-0.25, -0.2) is 0 Å². The minimum Gasteiger partial charge on any atom is -0.462 e. The van der Waals surface area contributed by atoms with E-state index in [0.29, 0.717) is 19.3 Å². The molecule has 6 heteroatoms. The van der Waals surface area contributed by atoms with Crippen LogP contribution in [0.2, 0.25) is 0 Å². The minimum atomic E-state index is -0.771. The quantitative estimate of drug-likeness (QED) is 0.0261. The highest BCUT2D eigenvalue weighted by atomic mass is 16.6. The Morgan fingerprint density at radius 3 is 0.633 bits per heavy atom. The first kappa shape index (κ1) is 76.9. The van der Waals surface area contributed by atoms with Crippen molar-refractivity contribution in [2.24, 2.45) is 0 Å². The predicted octanol–water partition coefficient (Wildman–Crippen LogP) is 24.6. The number of allylic oxidation sites excluding steroid dienone is 4. The lowest BCUT2D eigenvalue weighted by Crippen LogP contribution is -2.30. The number of esters is 3. The maximum Gasteiger partial charge on any atom is 0.306 e. The van der Waals surface area contributed by atoms with Crippen LogP contribution in [0, 0.1) is 0 Å². The molecule has 0 spiro atoms. The van der Waals surface area contributed by atoms with Crippen molar-refractivity contribution in [1.82, 2.24) is 0 Å². The second kappa shape index (κ2) is 68.4. The molecule has 0 bridgehead atoms. The summed E-state index contributed by atoms with van der Waals surface area (Å²) in [6.07, 6.45) is 83.7. The Hall–Kier alpha value is -2.11. The lowest BCUT2D eigenvalue weighted by molar-refractivity contribution is -0.167. The summed E-state index contributed by atoms with van der Waals surface area (Å²) in [5, 5.41) is 0. The van der Waals surface area contributed by atoms with Crippen molar-refractivity contribution in [3.63, 3.8) is 0 Å². The summed E-state index contributed by atoms with van der Waals surface area (Å²) < 4.78 is 17.0. The zero-order valence-electron chi connectivity index (χ0n) is 53.7. The SMILES string of the molecule is CCCCCCC/C=C\CCCCCCCC(=O)OC(COC(=O)CCCCCCCCCCCCCCCC)COC(=O)CCCCCCCCCCCCCCCCCCCCCCC/C=C\CCCCCCCCCC. The Balaban J connectivity index is 4.07. The fraction of sp³-hybridized carbons (Fsp3) is 0.904. The summed E-state index contributed by atoms with van der Waals surface area (Å²) in [5.74, 6) is -0.847. The molecule has 1 atom stereocenters. The third-order valence-corrected chi connectivity index (χ3v) is 16.4. The van der Waals surface area contributed by atoms with Crippen molar-refractivity contribution in [3.8, 4) is 0 Å². The highest BCUT2D eigenvalue weighted by Gasteiger charge is 2.19. The van der Waals surface area contributed by atoms with Crippen LogP contribution in [-0.2, 0) is 28.6 Å². The number of rotatable bonds is 67. The van der Waals surface area contributed by atoms with Crippen molar-refractivity contribution >= 4 is 17.9 Å². The van der Waals surface area contributed by atoms with Gasteiger partial charge in [-0.15, -0.1) is 0 Å². The van der Waals surface area contributed by atoms with Gasteiger partial charge in [-0.05, 0) is 70.6 Å². The van der Waals surface area contributed by atoms with Crippen LogP contribution in [0.3, 0.4) is 0 Å². The fourth-order valence-corrected chi connectivity index (χ4v) is 11.0. The van der Waals surface area contributed by atoms with Gasteiger partial charge in [0.1, 0.15) is 13.2 Å². The van der Waals surface area contributed by atoms with E-state index in [2.05, 4.69) is 45.1 Å². The van der Waals surface area contributed by atoms with Crippen LogP contribution in [0.5, 0.6) is 0 Å². The lowest BCUT2D eigenvalue weighted by atomic mass is 10.0. The summed E-state index contributed by atoms with van der Waals surface area (Å²) in [7, 11) is 0. The van der Waals surface area contributed by atoms with E-state index in [9.17, 15) is 14.4 Å². The van der Waals surface area contributed by atoms with E-state index >= 15 is 0 Å². The largest absolute Gasteiger partial charge is 0.462 e. The molecule has 0 saturated heterocycles. The van der Waals surface area contributed by atoms with Gasteiger partial charge in [0.05, 0.1) is 0 Å². The summed E-state index contributed by atoms with van der Waals surface area (Å²) in [6.45, 7) is 6.70. The molecule has 0 heterocycles. The average molecular weight is 1110 g/mol. The summed E-state index contributed by atoms with van der Waals surface area (Å²) in [6, 6.07) is 0. The zero-order valence-corrected chi connectivity index (χ0v) is 53.7. The number of carbonyl (C=O) groups excluding carboxylic acids is 3. The number of hydrogen-bond acceptors (Lipinski definition) is 6. The molecular formula is C73H138O6. The molecule has 0 rings (SSSR count). The second-order valence-electron chi connectivity index (χ2n) is 24.5. The highest BCUT2D eigenvalue weighted by Crippen LogP contribution is 2.19. The molecule has 0 aliphatic heterocycles. The van der Waals surface area contributed by atoms with Crippen molar-refractivity contribution in [3.05, 3.63) is 24.3 Å².